The second-order valence-electron chi connectivity index (χ2n) is 8.05. The number of aliphatic imine (C=N–C) groups is 1. The predicted molar refractivity (Wildman–Crippen MR) is 116 cm³/mol. The van der Waals surface area contributed by atoms with Gasteiger partial charge >= 0.3 is 0 Å². The van der Waals surface area contributed by atoms with Crippen LogP contribution in [0.3, 0.4) is 0 Å². The Balaban J connectivity index is 1.63. The Morgan fingerprint density at radius 2 is 1.90 bits per heavy atom. The number of amides is 1. The molecule has 7 heteroatoms. The van der Waals surface area contributed by atoms with Gasteiger partial charge in [-0.3, -0.25) is 9.79 Å². The summed E-state index contributed by atoms with van der Waals surface area (Å²) in [6, 6.07) is 10.2. The second-order valence-corrected chi connectivity index (χ2v) is 8.05. The van der Waals surface area contributed by atoms with Crippen LogP contribution in [0, 0.1) is 5.41 Å². The Bertz CT molecular complexity index is 836. The molecule has 3 rings (SSSR count). The van der Waals surface area contributed by atoms with Crippen molar-refractivity contribution in [2.24, 2.45) is 10.4 Å². The lowest BCUT2D eigenvalue weighted by atomic mass is 9.84. The Labute approximate surface area is 173 Å². The minimum Gasteiger partial charge on any atom is -0.355 e. The van der Waals surface area contributed by atoms with Crippen LogP contribution >= 0.6 is 0 Å². The maximum atomic E-state index is 12.8. The SMILES string of the molecule is CN=C(NCC1(C(=O)N(C)C)CCCC1)N(C)Cc1ncc(-c2ccccc2)[nH]1. The molecule has 0 aliphatic heterocycles. The van der Waals surface area contributed by atoms with Gasteiger partial charge in [-0.2, -0.15) is 0 Å². The topological polar surface area (TPSA) is 76.6 Å². The van der Waals surface area contributed by atoms with E-state index < -0.39 is 0 Å². The molecule has 0 saturated heterocycles. The molecule has 1 aliphatic carbocycles. The van der Waals surface area contributed by atoms with Crippen molar-refractivity contribution in [2.75, 3.05) is 34.7 Å². The van der Waals surface area contributed by atoms with Crippen LogP contribution in [0.25, 0.3) is 11.3 Å². The van der Waals surface area contributed by atoms with Crippen LogP contribution in [-0.2, 0) is 11.3 Å². The molecule has 0 atom stereocenters. The van der Waals surface area contributed by atoms with Gasteiger partial charge in [-0.1, -0.05) is 43.2 Å². The molecule has 1 aromatic carbocycles. The number of carbonyl (C=O) groups is 1. The van der Waals surface area contributed by atoms with Gasteiger partial charge < -0.3 is 20.1 Å². The first kappa shape index (κ1) is 20.9. The Morgan fingerprint density at radius 3 is 2.52 bits per heavy atom. The second kappa shape index (κ2) is 9.11. The summed E-state index contributed by atoms with van der Waals surface area (Å²) in [7, 11) is 7.43. The van der Waals surface area contributed by atoms with Gasteiger partial charge in [0.05, 0.1) is 23.9 Å². The zero-order valence-electron chi connectivity index (χ0n) is 17.9. The van der Waals surface area contributed by atoms with Gasteiger partial charge in [-0.05, 0) is 18.4 Å². The molecule has 1 fully saturated rings. The summed E-state index contributed by atoms with van der Waals surface area (Å²) in [5.74, 6) is 1.84. The van der Waals surface area contributed by atoms with Crippen molar-refractivity contribution in [3.63, 3.8) is 0 Å². The number of H-pyrrole nitrogens is 1. The highest BCUT2D eigenvalue weighted by molar-refractivity contribution is 5.85. The van der Waals surface area contributed by atoms with Crippen molar-refractivity contribution >= 4 is 11.9 Å². The zero-order valence-corrected chi connectivity index (χ0v) is 17.9. The third kappa shape index (κ3) is 4.78. The molecule has 1 aliphatic rings. The van der Waals surface area contributed by atoms with Crippen molar-refractivity contribution < 1.29 is 4.79 Å². The number of guanidine groups is 1. The van der Waals surface area contributed by atoms with E-state index in [0.717, 1.165) is 48.7 Å². The van der Waals surface area contributed by atoms with Gasteiger partial charge in [-0.15, -0.1) is 0 Å². The van der Waals surface area contributed by atoms with Crippen LogP contribution in [0.1, 0.15) is 31.5 Å². The molecule has 7 nitrogen and oxygen atoms in total. The van der Waals surface area contributed by atoms with Gasteiger partial charge in [0.25, 0.3) is 0 Å². The van der Waals surface area contributed by atoms with E-state index >= 15 is 0 Å². The summed E-state index contributed by atoms with van der Waals surface area (Å²) in [6.45, 7) is 1.20. The molecule has 1 aromatic heterocycles. The number of benzene rings is 1. The van der Waals surface area contributed by atoms with E-state index in [1.54, 1.807) is 11.9 Å². The summed E-state index contributed by atoms with van der Waals surface area (Å²) in [5.41, 5.74) is 1.78. The average Bonchev–Trinajstić information content (AvgIpc) is 3.39. The third-order valence-electron chi connectivity index (χ3n) is 5.68. The summed E-state index contributed by atoms with van der Waals surface area (Å²) in [4.78, 5) is 28.8. The highest BCUT2D eigenvalue weighted by atomic mass is 16.2. The van der Waals surface area contributed by atoms with Gasteiger partial charge in [0.1, 0.15) is 5.82 Å². The number of nitrogens with zero attached hydrogens (tertiary/aromatic N) is 4. The average molecular weight is 397 g/mol. The van der Waals surface area contributed by atoms with Crippen molar-refractivity contribution in [1.82, 2.24) is 25.1 Å². The predicted octanol–water partition coefficient (Wildman–Crippen LogP) is 2.73. The number of aromatic amines is 1. The number of nitrogens with one attached hydrogen (secondary N) is 2. The summed E-state index contributed by atoms with van der Waals surface area (Å²) in [6.07, 6.45) is 5.92. The monoisotopic (exact) mass is 396 g/mol. The van der Waals surface area contributed by atoms with Crippen molar-refractivity contribution in [3.8, 4) is 11.3 Å². The number of hydrogen-bond acceptors (Lipinski definition) is 3. The Hall–Kier alpha value is -2.83. The molecule has 0 bridgehead atoms. The quantitative estimate of drug-likeness (QED) is 0.581. The van der Waals surface area contributed by atoms with Gasteiger partial charge in [0.15, 0.2) is 5.96 Å². The molecule has 0 radical (unpaired) electrons. The molecular formula is C22H32N6O. The highest BCUT2D eigenvalue weighted by Gasteiger charge is 2.42. The van der Waals surface area contributed by atoms with E-state index in [2.05, 4.69) is 32.4 Å². The zero-order chi connectivity index (χ0) is 20.9. The molecular weight excluding hydrogens is 364 g/mol. The van der Waals surface area contributed by atoms with Crippen molar-refractivity contribution in [3.05, 3.63) is 42.4 Å². The standard InChI is InChI=1S/C22H32N6O/c1-23-21(25-16-22(12-8-9-13-22)20(29)27(2)3)28(4)15-19-24-14-18(26-19)17-10-6-5-7-11-17/h5-7,10-11,14H,8-9,12-13,15-16H2,1-4H3,(H,23,25)(H,24,26). The highest BCUT2D eigenvalue weighted by Crippen LogP contribution is 2.39. The van der Waals surface area contributed by atoms with E-state index in [-0.39, 0.29) is 11.3 Å². The van der Waals surface area contributed by atoms with Crippen LogP contribution in [0.2, 0.25) is 0 Å². The minimum atomic E-state index is -0.328. The lowest BCUT2D eigenvalue weighted by Gasteiger charge is -2.32. The molecule has 2 aromatic rings. The first-order chi connectivity index (χ1) is 13.9. The lowest BCUT2D eigenvalue weighted by Crippen LogP contribution is -2.49. The molecule has 1 amide bonds. The Morgan fingerprint density at radius 1 is 1.21 bits per heavy atom. The van der Waals surface area contributed by atoms with Gasteiger partial charge in [-0.25, -0.2) is 4.98 Å². The maximum Gasteiger partial charge on any atom is 0.230 e. The molecule has 29 heavy (non-hydrogen) atoms. The number of hydrogen-bond donors (Lipinski definition) is 2. The van der Waals surface area contributed by atoms with E-state index in [9.17, 15) is 4.79 Å². The number of rotatable bonds is 6. The summed E-state index contributed by atoms with van der Waals surface area (Å²) >= 11 is 0. The van der Waals surface area contributed by atoms with Crippen molar-refractivity contribution in [2.45, 2.75) is 32.2 Å². The summed E-state index contributed by atoms with van der Waals surface area (Å²) < 4.78 is 0. The van der Waals surface area contributed by atoms with Gasteiger partial charge in [0, 0.05) is 34.7 Å². The number of aromatic nitrogens is 2. The summed E-state index contributed by atoms with van der Waals surface area (Å²) in [5, 5.41) is 3.43. The number of imidazole rings is 1. The Kier molecular flexibility index (Phi) is 6.56. The van der Waals surface area contributed by atoms with Crippen LogP contribution < -0.4 is 5.32 Å². The lowest BCUT2D eigenvalue weighted by molar-refractivity contribution is -0.138. The van der Waals surface area contributed by atoms with Crippen LogP contribution in [0.4, 0.5) is 0 Å². The molecule has 2 N–H and O–H groups in total. The van der Waals surface area contributed by atoms with Crippen LogP contribution in [0.5, 0.6) is 0 Å². The van der Waals surface area contributed by atoms with E-state index in [0.29, 0.717) is 13.1 Å². The molecule has 0 spiro atoms. The van der Waals surface area contributed by atoms with Crippen LogP contribution in [0.15, 0.2) is 41.5 Å². The smallest absolute Gasteiger partial charge is 0.230 e. The maximum absolute atomic E-state index is 12.8. The fraction of sp³-hybridized carbons (Fsp3) is 0.500. The largest absolute Gasteiger partial charge is 0.355 e. The molecule has 0 unspecified atom stereocenters. The third-order valence-corrected chi connectivity index (χ3v) is 5.68. The normalized spacial score (nSPS) is 15.9. The molecule has 156 valence electrons. The van der Waals surface area contributed by atoms with E-state index in [1.165, 1.54) is 0 Å². The fourth-order valence-electron chi connectivity index (χ4n) is 4.13. The van der Waals surface area contributed by atoms with E-state index in [1.807, 2.05) is 50.4 Å². The van der Waals surface area contributed by atoms with Gasteiger partial charge in [0.2, 0.25) is 5.91 Å². The fourth-order valence-corrected chi connectivity index (χ4v) is 4.13. The van der Waals surface area contributed by atoms with E-state index in [4.69, 9.17) is 0 Å². The first-order valence-corrected chi connectivity index (χ1v) is 10.2. The van der Waals surface area contributed by atoms with Crippen LogP contribution in [-0.4, -0.2) is 66.4 Å². The number of carbonyl (C=O) groups excluding carboxylic acids is 1. The molecule has 1 saturated carbocycles. The van der Waals surface area contributed by atoms with Crippen molar-refractivity contribution in [1.29, 1.82) is 0 Å². The first-order valence-electron chi connectivity index (χ1n) is 10.2. The minimum absolute atomic E-state index is 0.208. The molecule has 1 heterocycles.